The average Bonchev–Trinajstić information content (AvgIpc) is 2.18. The Morgan fingerprint density at radius 2 is 2.31 bits per heavy atom. The van der Waals surface area contributed by atoms with Gasteiger partial charge in [-0.05, 0) is 42.4 Å². The maximum atomic E-state index is 6.04. The van der Waals surface area contributed by atoms with Crippen LogP contribution in [0.4, 0.5) is 0 Å². The summed E-state index contributed by atoms with van der Waals surface area (Å²) in [5.74, 6) is 0. The lowest BCUT2D eigenvalue weighted by Gasteiger charge is -2.22. The van der Waals surface area contributed by atoms with Gasteiger partial charge in [0, 0.05) is 6.04 Å². The van der Waals surface area contributed by atoms with Crippen LogP contribution in [0.15, 0.2) is 18.2 Å². The Labute approximate surface area is 80.0 Å². The van der Waals surface area contributed by atoms with Crippen LogP contribution in [0.1, 0.15) is 42.5 Å². The molecular weight excluding hydrogens is 158 g/mol. The minimum absolute atomic E-state index is 0.287. The van der Waals surface area contributed by atoms with Crippen molar-refractivity contribution in [3.8, 4) is 0 Å². The molecule has 0 spiro atoms. The van der Waals surface area contributed by atoms with Gasteiger partial charge in [0.05, 0.1) is 0 Å². The van der Waals surface area contributed by atoms with E-state index in [4.69, 9.17) is 5.73 Å². The molecule has 0 heterocycles. The molecule has 1 aromatic carbocycles. The predicted molar refractivity (Wildman–Crippen MR) is 55.7 cm³/mol. The van der Waals surface area contributed by atoms with E-state index in [1.165, 1.54) is 29.5 Å². The highest BCUT2D eigenvalue weighted by Crippen LogP contribution is 2.28. The molecule has 1 aliphatic carbocycles. The summed E-state index contributed by atoms with van der Waals surface area (Å²) >= 11 is 0. The summed E-state index contributed by atoms with van der Waals surface area (Å²) in [6.07, 6.45) is 4.75. The molecule has 0 aliphatic heterocycles. The minimum Gasteiger partial charge on any atom is -0.324 e. The van der Waals surface area contributed by atoms with Gasteiger partial charge in [-0.1, -0.05) is 25.1 Å². The molecule has 1 aromatic rings. The summed E-state index contributed by atoms with van der Waals surface area (Å²) < 4.78 is 0. The standard InChI is InChI=1S/C12H17N/c1-2-9-6-7-11-10(8-9)4-3-5-12(11)13/h6-8,12H,2-5,13H2,1H3/t12-/m0/s1. The van der Waals surface area contributed by atoms with Gasteiger partial charge in [0.1, 0.15) is 0 Å². The lowest BCUT2D eigenvalue weighted by atomic mass is 9.87. The van der Waals surface area contributed by atoms with Gasteiger partial charge >= 0.3 is 0 Å². The van der Waals surface area contributed by atoms with Crippen molar-refractivity contribution in [2.45, 2.75) is 38.6 Å². The van der Waals surface area contributed by atoms with E-state index in [0.717, 1.165) is 12.8 Å². The Kier molecular flexibility index (Phi) is 2.36. The van der Waals surface area contributed by atoms with Gasteiger partial charge in [-0.15, -0.1) is 0 Å². The molecule has 0 unspecified atom stereocenters. The topological polar surface area (TPSA) is 26.0 Å². The van der Waals surface area contributed by atoms with Crippen LogP contribution in [0.3, 0.4) is 0 Å². The zero-order valence-electron chi connectivity index (χ0n) is 8.22. The number of hydrogen-bond acceptors (Lipinski definition) is 1. The van der Waals surface area contributed by atoms with Crippen molar-refractivity contribution < 1.29 is 0 Å². The highest BCUT2D eigenvalue weighted by molar-refractivity contribution is 5.35. The van der Waals surface area contributed by atoms with Gasteiger partial charge in [-0.3, -0.25) is 0 Å². The summed E-state index contributed by atoms with van der Waals surface area (Å²) in [5, 5.41) is 0. The van der Waals surface area contributed by atoms with Crippen LogP contribution in [0.25, 0.3) is 0 Å². The number of fused-ring (bicyclic) bond motifs is 1. The number of rotatable bonds is 1. The molecule has 2 rings (SSSR count). The normalized spacial score (nSPS) is 21.2. The van der Waals surface area contributed by atoms with Crippen LogP contribution in [0.5, 0.6) is 0 Å². The van der Waals surface area contributed by atoms with E-state index in [2.05, 4.69) is 25.1 Å². The van der Waals surface area contributed by atoms with Gasteiger partial charge in [-0.2, -0.15) is 0 Å². The highest BCUT2D eigenvalue weighted by atomic mass is 14.6. The summed E-state index contributed by atoms with van der Waals surface area (Å²) in [5.41, 5.74) is 10.3. The molecule has 1 nitrogen and oxygen atoms in total. The van der Waals surface area contributed by atoms with Gasteiger partial charge in [0.2, 0.25) is 0 Å². The van der Waals surface area contributed by atoms with E-state index in [1.807, 2.05) is 0 Å². The third-order valence-electron chi connectivity index (χ3n) is 2.98. The van der Waals surface area contributed by atoms with Crippen LogP contribution in [0.2, 0.25) is 0 Å². The van der Waals surface area contributed by atoms with E-state index >= 15 is 0 Å². The van der Waals surface area contributed by atoms with Crippen LogP contribution >= 0.6 is 0 Å². The number of hydrogen-bond donors (Lipinski definition) is 1. The fraction of sp³-hybridized carbons (Fsp3) is 0.500. The van der Waals surface area contributed by atoms with Crippen LogP contribution in [-0.2, 0) is 12.8 Å². The van der Waals surface area contributed by atoms with Crippen molar-refractivity contribution in [1.29, 1.82) is 0 Å². The van der Waals surface area contributed by atoms with Crippen molar-refractivity contribution in [3.63, 3.8) is 0 Å². The first-order valence-electron chi connectivity index (χ1n) is 5.18. The average molecular weight is 175 g/mol. The van der Waals surface area contributed by atoms with E-state index < -0.39 is 0 Å². The zero-order valence-corrected chi connectivity index (χ0v) is 8.22. The molecule has 13 heavy (non-hydrogen) atoms. The lowest BCUT2D eigenvalue weighted by molar-refractivity contribution is 0.570. The van der Waals surface area contributed by atoms with E-state index in [-0.39, 0.29) is 6.04 Å². The van der Waals surface area contributed by atoms with Gasteiger partial charge in [-0.25, -0.2) is 0 Å². The molecule has 1 aliphatic rings. The quantitative estimate of drug-likeness (QED) is 0.697. The molecule has 0 amide bonds. The van der Waals surface area contributed by atoms with Gasteiger partial charge in [0.15, 0.2) is 0 Å². The van der Waals surface area contributed by atoms with Crippen LogP contribution in [0, 0.1) is 0 Å². The third-order valence-corrected chi connectivity index (χ3v) is 2.98. The summed E-state index contributed by atoms with van der Waals surface area (Å²) in [4.78, 5) is 0. The van der Waals surface area contributed by atoms with Gasteiger partial charge < -0.3 is 5.73 Å². The van der Waals surface area contributed by atoms with E-state index in [0.29, 0.717) is 0 Å². The van der Waals surface area contributed by atoms with Crippen molar-refractivity contribution in [2.24, 2.45) is 5.73 Å². The first-order valence-corrected chi connectivity index (χ1v) is 5.18. The Bertz CT molecular complexity index is 304. The third kappa shape index (κ3) is 1.61. The second-order valence-corrected chi connectivity index (χ2v) is 3.89. The maximum absolute atomic E-state index is 6.04. The summed E-state index contributed by atoms with van der Waals surface area (Å²) in [7, 11) is 0. The van der Waals surface area contributed by atoms with E-state index in [1.54, 1.807) is 0 Å². The van der Waals surface area contributed by atoms with Crippen molar-refractivity contribution in [1.82, 2.24) is 0 Å². The molecular formula is C12H17N. The van der Waals surface area contributed by atoms with Crippen LogP contribution < -0.4 is 5.73 Å². The predicted octanol–water partition coefficient (Wildman–Crippen LogP) is 2.59. The summed E-state index contributed by atoms with van der Waals surface area (Å²) in [6.45, 7) is 2.20. The molecule has 1 atom stereocenters. The maximum Gasteiger partial charge on any atom is 0.0297 e. The molecule has 70 valence electrons. The molecule has 0 saturated heterocycles. The van der Waals surface area contributed by atoms with Crippen LogP contribution in [-0.4, -0.2) is 0 Å². The number of aryl methyl sites for hydroxylation is 2. The lowest BCUT2D eigenvalue weighted by Crippen LogP contribution is -2.17. The van der Waals surface area contributed by atoms with Gasteiger partial charge in [0.25, 0.3) is 0 Å². The molecule has 0 fully saturated rings. The Balaban J connectivity index is 2.39. The fourth-order valence-corrected chi connectivity index (χ4v) is 2.13. The number of nitrogens with two attached hydrogens (primary N) is 1. The monoisotopic (exact) mass is 175 g/mol. The molecule has 0 aromatic heterocycles. The molecule has 0 bridgehead atoms. The molecule has 1 heteroatoms. The molecule has 0 saturated carbocycles. The van der Waals surface area contributed by atoms with E-state index in [9.17, 15) is 0 Å². The highest BCUT2D eigenvalue weighted by Gasteiger charge is 2.15. The Morgan fingerprint density at radius 1 is 1.46 bits per heavy atom. The second-order valence-electron chi connectivity index (χ2n) is 3.89. The Hall–Kier alpha value is -0.820. The smallest absolute Gasteiger partial charge is 0.0297 e. The largest absolute Gasteiger partial charge is 0.324 e. The van der Waals surface area contributed by atoms with Crippen molar-refractivity contribution >= 4 is 0 Å². The zero-order chi connectivity index (χ0) is 9.26. The summed E-state index contributed by atoms with van der Waals surface area (Å²) in [6, 6.07) is 7.05. The Morgan fingerprint density at radius 3 is 3.08 bits per heavy atom. The minimum atomic E-state index is 0.287. The second kappa shape index (κ2) is 3.51. The molecule has 0 radical (unpaired) electrons. The SMILES string of the molecule is CCc1ccc2c(c1)CCC[C@@H]2N. The first kappa shape index (κ1) is 8.76. The molecule has 2 N–H and O–H groups in total. The first-order chi connectivity index (χ1) is 6.31. The fourth-order valence-electron chi connectivity index (χ4n) is 2.13. The van der Waals surface area contributed by atoms with Crippen molar-refractivity contribution in [3.05, 3.63) is 34.9 Å². The number of benzene rings is 1. The van der Waals surface area contributed by atoms with Crippen molar-refractivity contribution in [2.75, 3.05) is 0 Å².